The summed E-state index contributed by atoms with van der Waals surface area (Å²) < 4.78 is 13.9. The smallest absolute Gasteiger partial charge is 0.151 e. The van der Waals surface area contributed by atoms with Crippen molar-refractivity contribution in [2.45, 2.75) is 20.0 Å². The van der Waals surface area contributed by atoms with Crippen LogP contribution < -0.4 is 0 Å². The number of nitrogens with zero attached hydrogens (tertiary/aromatic N) is 2. The summed E-state index contributed by atoms with van der Waals surface area (Å²) in [6.45, 7) is 3.66. The average Bonchev–Trinajstić information content (AvgIpc) is 2.47. The van der Waals surface area contributed by atoms with Crippen LogP contribution in [-0.2, 0) is 0 Å². The lowest BCUT2D eigenvalue weighted by Gasteiger charge is -2.10. The predicted octanol–water partition coefficient (Wildman–Crippen LogP) is 3.80. The quantitative estimate of drug-likeness (QED) is 0.777. The number of hydrogen-bond acceptors (Lipinski definition) is 3. The molecule has 0 aliphatic carbocycles. The van der Waals surface area contributed by atoms with Crippen molar-refractivity contribution in [3.8, 4) is 11.4 Å². The Hall–Kier alpha value is -2.33. The summed E-state index contributed by atoms with van der Waals surface area (Å²) in [6.07, 6.45) is 0.984. The molecular formula is C17H15FN2O. The van der Waals surface area contributed by atoms with Gasteiger partial charge in [-0.3, -0.25) is 4.98 Å². The first-order valence-electron chi connectivity index (χ1n) is 6.76. The second kappa shape index (κ2) is 5.22. The van der Waals surface area contributed by atoms with E-state index in [4.69, 9.17) is 0 Å². The second-order valence-electron chi connectivity index (χ2n) is 5.11. The van der Waals surface area contributed by atoms with Gasteiger partial charge in [0.05, 0.1) is 17.3 Å². The van der Waals surface area contributed by atoms with Crippen molar-refractivity contribution in [2.24, 2.45) is 0 Å². The summed E-state index contributed by atoms with van der Waals surface area (Å²) in [7, 11) is 0. The van der Waals surface area contributed by atoms with E-state index in [0.717, 1.165) is 22.0 Å². The van der Waals surface area contributed by atoms with Crippen molar-refractivity contribution in [3.05, 3.63) is 59.5 Å². The summed E-state index contributed by atoms with van der Waals surface area (Å²) in [6, 6.07) is 10.4. The molecule has 1 N–H and O–H groups in total. The lowest BCUT2D eigenvalue weighted by molar-refractivity contribution is 0.199. The number of aromatic nitrogens is 2. The number of aliphatic hydroxyl groups excluding tert-OH is 1. The average molecular weight is 282 g/mol. The van der Waals surface area contributed by atoms with Crippen molar-refractivity contribution >= 4 is 10.9 Å². The number of halogens is 1. The van der Waals surface area contributed by atoms with Crippen molar-refractivity contribution in [3.63, 3.8) is 0 Å². The van der Waals surface area contributed by atoms with Gasteiger partial charge < -0.3 is 5.11 Å². The minimum atomic E-state index is -0.563. The lowest BCUT2D eigenvalue weighted by Crippen LogP contribution is -1.96. The largest absolute Gasteiger partial charge is 0.389 e. The predicted molar refractivity (Wildman–Crippen MR) is 80.3 cm³/mol. The van der Waals surface area contributed by atoms with E-state index in [9.17, 15) is 9.50 Å². The lowest BCUT2D eigenvalue weighted by atomic mass is 10.0. The standard InChI is InChI=1S/C17H15FN2O/c1-10-8-16(17-14(18)4-3-7-19-17)20-15-9-12(11(2)21)5-6-13(10)15/h3-9,11,21H,1-2H3. The van der Waals surface area contributed by atoms with Crippen LogP contribution in [-0.4, -0.2) is 15.1 Å². The molecule has 1 aromatic carbocycles. The van der Waals surface area contributed by atoms with Crippen LogP contribution in [0, 0.1) is 12.7 Å². The van der Waals surface area contributed by atoms with Crippen molar-refractivity contribution in [1.82, 2.24) is 9.97 Å². The number of pyridine rings is 2. The van der Waals surface area contributed by atoms with Gasteiger partial charge >= 0.3 is 0 Å². The second-order valence-corrected chi connectivity index (χ2v) is 5.11. The van der Waals surface area contributed by atoms with Crippen LogP contribution in [0.15, 0.2) is 42.6 Å². The van der Waals surface area contributed by atoms with E-state index in [2.05, 4.69) is 9.97 Å². The highest BCUT2D eigenvalue weighted by Gasteiger charge is 2.11. The molecule has 1 atom stereocenters. The van der Waals surface area contributed by atoms with E-state index >= 15 is 0 Å². The van der Waals surface area contributed by atoms with Gasteiger partial charge in [-0.05, 0) is 49.2 Å². The minimum absolute atomic E-state index is 0.241. The molecule has 0 radical (unpaired) electrons. The molecule has 0 amide bonds. The van der Waals surface area contributed by atoms with E-state index in [1.807, 2.05) is 31.2 Å². The molecular weight excluding hydrogens is 267 g/mol. The van der Waals surface area contributed by atoms with Crippen LogP contribution >= 0.6 is 0 Å². The van der Waals surface area contributed by atoms with Crippen LogP contribution in [0.3, 0.4) is 0 Å². The summed E-state index contributed by atoms with van der Waals surface area (Å²) in [4.78, 5) is 8.56. The van der Waals surface area contributed by atoms with Crippen LogP contribution in [0.25, 0.3) is 22.3 Å². The number of hydrogen-bond donors (Lipinski definition) is 1. The number of aryl methyl sites for hydroxylation is 1. The molecule has 2 aromatic heterocycles. The SMILES string of the molecule is Cc1cc(-c2ncccc2F)nc2cc(C(C)O)ccc12. The summed E-state index contributed by atoms with van der Waals surface area (Å²) in [5.41, 5.74) is 3.25. The Morgan fingerprint density at radius 2 is 2.00 bits per heavy atom. The Bertz CT molecular complexity index is 815. The Balaban J connectivity index is 2.24. The maximum absolute atomic E-state index is 13.9. The van der Waals surface area contributed by atoms with Gasteiger partial charge in [0.2, 0.25) is 0 Å². The van der Waals surface area contributed by atoms with E-state index in [1.54, 1.807) is 19.2 Å². The van der Waals surface area contributed by atoms with E-state index in [1.165, 1.54) is 6.07 Å². The summed E-state index contributed by atoms with van der Waals surface area (Å²) >= 11 is 0. The highest BCUT2D eigenvalue weighted by atomic mass is 19.1. The number of fused-ring (bicyclic) bond motifs is 1. The van der Waals surface area contributed by atoms with E-state index in [0.29, 0.717) is 5.69 Å². The van der Waals surface area contributed by atoms with Gasteiger partial charge in [0.25, 0.3) is 0 Å². The van der Waals surface area contributed by atoms with Crippen molar-refractivity contribution < 1.29 is 9.50 Å². The molecule has 0 spiro atoms. The highest BCUT2D eigenvalue weighted by molar-refractivity contribution is 5.85. The Labute approximate surface area is 122 Å². The highest BCUT2D eigenvalue weighted by Crippen LogP contribution is 2.26. The van der Waals surface area contributed by atoms with Crippen LogP contribution in [0.2, 0.25) is 0 Å². The molecule has 0 bridgehead atoms. The normalized spacial score (nSPS) is 12.6. The third-order valence-electron chi connectivity index (χ3n) is 3.52. The number of benzene rings is 1. The van der Waals surface area contributed by atoms with Crippen LogP contribution in [0.1, 0.15) is 24.2 Å². The first-order chi connectivity index (χ1) is 10.1. The molecule has 0 fully saturated rings. The first-order valence-corrected chi connectivity index (χ1v) is 6.76. The summed E-state index contributed by atoms with van der Waals surface area (Å²) in [5, 5.41) is 10.7. The van der Waals surface area contributed by atoms with Gasteiger partial charge in [-0.1, -0.05) is 12.1 Å². The molecule has 3 aromatic rings. The molecule has 21 heavy (non-hydrogen) atoms. The van der Waals surface area contributed by atoms with Crippen LogP contribution in [0.4, 0.5) is 4.39 Å². The molecule has 3 rings (SSSR count). The van der Waals surface area contributed by atoms with Gasteiger partial charge in [-0.15, -0.1) is 0 Å². The monoisotopic (exact) mass is 282 g/mol. The van der Waals surface area contributed by atoms with Gasteiger partial charge in [0.15, 0.2) is 5.82 Å². The molecule has 106 valence electrons. The molecule has 4 heteroatoms. The molecule has 1 unspecified atom stereocenters. The van der Waals surface area contributed by atoms with E-state index < -0.39 is 11.9 Å². The zero-order valence-corrected chi connectivity index (χ0v) is 11.8. The Kier molecular flexibility index (Phi) is 3.39. The van der Waals surface area contributed by atoms with Gasteiger partial charge in [-0.2, -0.15) is 0 Å². The molecule has 2 heterocycles. The fourth-order valence-corrected chi connectivity index (χ4v) is 2.37. The maximum atomic E-state index is 13.9. The molecule has 0 aliphatic rings. The number of aliphatic hydroxyl groups is 1. The van der Waals surface area contributed by atoms with Crippen LogP contribution in [0.5, 0.6) is 0 Å². The van der Waals surface area contributed by atoms with Crippen molar-refractivity contribution in [2.75, 3.05) is 0 Å². The van der Waals surface area contributed by atoms with E-state index in [-0.39, 0.29) is 5.69 Å². The summed E-state index contributed by atoms with van der Waals surface area (Å²) in [5.74, 6) is -0.393. The third kappa shape index (κ3) is 2.50. The zero-order chi connectivity index (χ0) is 15.0. The Morgan fingerprint density at radius 1 is 1.19 bits per heavy atom. The first kappa shape index (κ1) is 13.6. The van der Waals surface area contributed by atoms with Gasteiger partial charge in [-0.25, -0.2) is 9.37 Å². The minimum Gasteiger partial charge on any atom is -0.389 e. The van der Waals surface area contributed by atoms with Gasteiger partial charge in [0.1, 0.15) is 5.69 Å². The molecule has 0 saturated carbocycles. The fourth-order valence-electron chi connectivity index (χ4n) is 2.37. The fraction of sp³-hybridized carbons (Fsp3) is 0.176. The molecule has 3 nitrogen and oxygen atoms in total. The number of rotatable bonds is 2. The van der Waals surface area contributed by atoms with Gasteiger partial charge in [0, 0.05) is 11.6 Å². The zero-order valence-electron chi connectivity index (χ0n) is 11.8. The van der Waals surface area contributed by atoms with Crippen molar-refractivity contribution in [1.29, 1.82) is 0 Å². The third-order valence-corrected chi connectivity index (χ3v) is 3.52. The Morgan fingerprint density at radius 3 is 2.71 bits per heavy atom. The molecule has 0 aliphatic heterocycles. The molecule has 0 saturated heterocycles. The maximum Gasteiger partial charge on any atom is 0.151 e. The topological polar surface area (TPSA) is 46.0 Å².